The number of carbonyl (C=O) groups excluding carboxylic acids is 2. The summed E-state index contributed by atoms with van der Waals surface area (Å²) in [5.74, 6) is 0. The van der Waals surface area contributed by atoms with Crippen LogP contribution in [0.1, 0.15) is 0 Å². The van der Waals surface area contributed by atoms with Crippen LogP contribution in [0.5, 0.6) is 0 Å². The van der Waals surface area contributed by atoms with Gasteiger partial charge in [-0.3, -0.25) is 0 Å². The van der Waals surface area contributed by atoms with Crippen LogP contribution in [-0.2, 0) is 24.1 Å². The summed E-state index contributed by atoms with van der Waals surface area (Å²) in [5, 5.41) is -1.74. The van der Waals surface area contributed by atoms with Gasteiger partial charge in [0.25, 0.3) is 0 Å². The van der Waals surface area contributed by atoms with Crippen molar-refractivity contribution in [1.82, 2.24) is 0 Å². The molecule has 10 heavy (non-hydrogen) atoms. The van der Waals surface area contributed by atoms with Crippen molar-refractivity contribution in [3.8, 4) is 0 Å². The molecule has 0 bridgehead atoms. The molecule has 8 heteroatoms. The molecule has 0 aromatic carbocycles. The molecule has 1 aliphatic rings. The lowest BCUT2D eigenvalue weighted by Crippen LogP contribution is -2.29. The molecule has 0 unspecified atom stereocenters. The maximum Gasteiger partial charge on any atom is 0.566 e. The molecule has 0 aliphatic carbocycles. The molecule has 0 N–H and O–H groups in total. The highest BCUT2D eigenvalue weighted by atomic mass is 32.2. The maximum absolute atomic E-state index is 10.2. The largest absolute Gasteiger partial charge is 0.566 e. The van der Waals surface area contributed by atoms with Crippen molar-refractivity contribution in [2.75, 3.05) is 0 Å². The van der Waals surface area contributed by atoms with E-state index in [1.54, 1.807) is 0 Å². The summed E-state index contributed by atoms with van der Waals surface area (Å²) in [5.41, 5.74) is 0. The molecule has 1 rings (SSSR count). The van der Waals surface area contributed by atoms with Gasteiger partial charge in [-0.15, -0.1) is 0 Å². The van der Waals surface area contributed by atoms with Crippen LogP contribution < -0.4 is 0 Å². The van der Waals surface area contributed by atoms with Crippen molar-refractivity contribution in [2.45, 2.75) is 0 Å². The Labute approximate surface area is 54.5 Å². The van der Waals surface area contributed by atoms with Gasteiger partial charge in [-0.05, 0) is 0 Å². The Hall–Kier alpha value is -1.31. The van der Waals surface area contributed by atoms with E-state index in [9.17, 15) is 18.0 Å². The predicted molar refractivity (Wildman–Crippen MR) is 23.0 cm³/mol. The zero-order valence-corrected chi connectivity index (χ0v) is 5.08. The fraction of sp³-hybridized carbons (Fsp3) is 0. The highest BCUT2D eigenvalue weighted by Crippen LogP contribution is 2.07. The van der Waals surface area contributed by atoms with Crippen molar-refractivity contribution >= 4 is 21.6 Å². The van der Waals surface area contributed by atoms with Crippen LogP contribution in [-0.4, -0.2) is 19.9 Å². The molecule has 0 aromatic heterocycles. The van der Waals surface area contributed by atoms with Crippen LogP contribution in [0.4, 0.5) is 9.59 Å². The highest BCUT2D eigenvalue weighted by molar-refractivity contribution is 8.01. The van der Waals surface area contributed by atoms with Crippen molar-refractivity contribution in [1.29, 1.82) is 0 Å². The van der Waals surface area contributed by atoms with E-state index < -0.39 is 21.6 Å². The lowest BCUT2D eigenvalue weighted by Gasteiger charge is -2.07. The van der Waals surface area contributed by atoms with Crippen LogP contribution in [0.3, 0.4) is 0 Å². The summed E-state index contributed by atoms with van der Waals surface area (Å²) >= 11 is 0. The second-order valence-corrected chi connectivity index (χ2v) is 2.61. The van der Waals surface area contributed by atoms with Crippen LogP contribution in [0.2, 0.25) is 0 Å². The lowest BCUT2D eigenvalue weighted by molar-refractivity contribution is -0.190. The van der Waals surface area contributed by atoms with Gasteiger partial charge in [-0.25, -0.2) is 14.6 Å². The quantitative estimate of drug-likeness (QED) is 0.356. The topological polar surface area (TPSA) is 96.0 Å². The van der Waals surface area contributed by atoms with E-state index in [0.29, 0.717) is 0 Å². The fourth-order valence-corrected chi connectivity index (χ4v) is 0.640. The molecule has 1 aliphatic heterocycles. The first-order chi connectivity index (χ1) is 4.52. The van der Waals surface area contributed by atoms with E-state index in [1.165, 1.54) is 0 Å². The van der Waals surface area contributed by atoms with E-state index in [1.807, 2.05) is 0 Å². The van der Waals surface area contributed by atoms with Gasteiger partial charge < -0.3 is 4.18 Å². The smallest absolute Gasteiger partial charge is 0.301 e. The van der Waals surface area contributed by atoms with E-state index in [-0.39, 0.29) is 0 Å². The summed E-state index contributed by atoms with van der Waals surface area (Å²) < 4.78 is 23.8. The van der Waals surface area contributed by atoms with Crippen molar-refractivity contribution < 1.29 is 32.0 Å². The van der Waals surface area contributed by atoms with Crippen molar-refractivity contribution in [3.05, 3.63) is 0 Å². The van der Waals surface area contributed by atoms with Gasteiger partial charge in [-0.2, -0.15) is 13.2 Å². The summed E-state index contributed by atoms with van der Waals surface area (Å²) in [6, 6.07) is 0. The van der Waals surface area contributed by atoms with E-state index in [4.69, 9.17) is 0 Å². The minimum absolute atomic E-state index is 1.58. The number of carbonyl (C=O) groups is 2. The number of hydrogen-bond donors (Lipinski definition) is 0. The Morgan fingerprint density at radius 2 is 1.70 bits per heavy atom. The van der Waals surface area contributed by atoms with Crippen molar-refractivity contribution in [3.63, 3.8) is 0 Å². The van der Waals surface area contributed by atoms with E-state index in [2.05, 4.69) is 14.0 Å². The molecule has 0 spiro atoms. The summed E-state index contributed by atoms with van der Waals surface area (Å²) in [7, 11) is -4.55. The highest BCUT2D eigenvalue weighted by Gasteiger charge is 2.37. The fourth-order valence-electron chi connectivity index (χ4n) is 0.247. The Kier molecular flexibility index (Phi) is 1.25. The van der Waals surface area contributed by atoms with Gasteiger partial charge in [0, 0.05) is 0 Å². The predicted octanol–water partition coefficient (Wildman–Crippen LogP) is -0.465. The Balaban J connectivity index is 2.95. The first kappa shape index (κ1) is 6.81. The van der Waals surface area contributed by atoms with Crippen molar-refractivity contribution in [2.24, 2.45) is 0 Å². The average molecular weight is 168 g/mol. The van der Waals surface area contributed by atoms with Gasteiger partial charge in [0.05, 0.1) is 0 Å². The maximum atomic E-state index is 10.2. The third-order valence-electron chi connectivity index (χ3n) is 0.560. The first-order valence-corrected chi connectivity index (χ1v) is 3.30. The molecule has 0 amide bonds. The minimum Gasteiger partial charge on any atom is -0.301 e. The number of hydrogen-bond acceptors (Lipinski definition) is 7. The lowest BCUT2D eigenvalue weighted by atomic mass is 11.4. The van der Waals surface area contributed by atoms with Gasteiger partial charge in [-0.1, -0.05) is 0 Å². The van der Waals surface area contributed by atoms with Crippen LogP contribution in [0.25, 0.3) is 0 Å². The normalized spacial score (nSPS) is 22.4. The molecular weight excluding hydrogens is 168 g/mol. The second-order valence-electron chi connectivity index (χ2n) is 1.20. The standard InChI is InChI=1S/C2O7S/c3-1-7-8-2(4)10(5,6)9-1. The third-order valence-corrected chi connectivity index (χ3v) is 1.39. The van der Waals surface area contributed by atoms with E-state index in [0.717, 1.165) is 0 Å². The molecule has 0 saturated carbocycles. The SMILES string of the molecule is O=C1OOC(=O)S(=O)(=O)O1. The van der Waals surface area contributed by atoms with Gasteiger partial charge in [0.2, 0.25) is 0 Å². The van der Waals surface area contributed by atoms with E-state index >= 15 is 0 Å². The van der Waals surface area contributed by atoms with Crippen LogP contribution in [0, 0.1) is 0 Å². The van der Waals surface area contributed by atoms with Gasteiger partial charge in [0.15, 0.2) is 0 Å². The monoisotopic (exact) mass is 168 g/mol. The van der Waals surface area contributed by atoms with Gasteiger partial charge in [0.1, 0.15) is 0 Å². The Morgan fingerprint density at radius 1 is 1.10 bits per heavy atom. The summed E-state index contributed by atoms with van der Waals surface area (Å²) in [6.45, 7) is 0. The number of rotatable bonds is 0. The zero-order chi connectivity index (χ0) is 7.78. The average Bonchev–Trinajstić information content (AvgIpc) is 1.78. The molecule has 0 aromatic rings. The Morgan fingerprint density at radius 3 is 2.10 bits per heavy atom. The third kappa shape index (κ3) is 1.00. The van der Waals surface area contributed by atoms with Gasteiger partial charge >= 0.3 is 21.6 Å². The molecule has 1 fully saturated rings. The summed E-state index contributed by atoms with van der Waals surface area (Å²) in [6.07, 6.45) is -1.58. The van der Waals surface area contributed by atoms with Crippen LogP contribution >= 0.6 is 0 Å². The molecule has 1 heterocycles. The molecule has 56 valence electrons. The molecule has 7 nitrogen and oxygen atoms in total. The summed E-state index contributed by atoms with van der Waals surface area (Å²) in [4.78, 5) is 26.8. The second kappa shape index (κ2) is 1.84. The molecule has 0 atom stereocenters. The minimum atomic E-state index is -4.55. The van der Waals surface area contributed by atoms with Crippen LogP contribution in [0.15, 0.2) is 0 Å². The Bertz CT molecular complexity index is 272. The molecule has 0 radical (unpaired) electrons. The molecule has 1 saturated heterocycles. The molecular formula is C2O7S. The zero-order valence-electron chi connectivity index (χ0n) is 4.27. The first-order valence-electron chi connectivity index (χ1n) is 1.89.